The van der Waals surface area contributed by atoms with Gasteiger partial charge in [-0.2, -0.15) is 0 Å². The summed E-state index contributed by atoms with van der Waals surface area (Å²) in [6, 6.07) is 18.3. The average Bonchev–Trinajstić information content (AvgIpc) is 2.93. The fraction of sp³-hybridized carbons (Fsp3) is 0.355. The second kappa shape index (κ2) is 13.5. The number of benzene rings is 3. The quantitative estimate of drug-likeness (QED) is 0.342. The summed E-state index contributed by atoms with van der Waals surface area (Å²) < 4.78 is 34.3. The molecule has 0 aromatic heterocycles. The second-order valence-corrected chi connectivity index (χ2v) is 11.6. The molecular formula is C31H39N3O5S. The Balaban J connectivity index is 2.07. The molecule has 0 aliphatic rings. The topological polar surface area (TPSA) is 96.0 Å². The van der Waals surface area contributed by atoms with E-state index in [1.807, 2.05) is 52.8 Å². The zero-order valence-corrected chi connectivity index (χ0v) is 24.9. The number of carbonyl (C=O) groups is 2. The van der Waals surface area contributed by atoms with Gasteiger partial charge < -0.3 is 15.0 Å². The molecule has 0 heterocycles. The van der Waals surface area contributed by atoms with Gasteiger partial charge in [0.2, 0.25) is 11.8 Å². The van der Waals surface area contributed by atoms with Crippen molar-refractivity contribution < 1.29 is 22.7 Å². The highest BCUT2D eigenvalue weighted by atomic mass is 32.2. The van der Waals surface area contributed by atoms with Crippen LogP contribution in [0.4, 0.5) is 5.69 Å². The lowest BCUT2D eigenvalue weighted by Gasteiger charge is -2.33. The molecule has 0 aliphatic carbocycles. The minimum absolute atomic E-state index is 0.0848. The number of rotatable bonds is 12. The molecule has 3 aromatic rings. The largest absolute Gasteiger partial charge is 0.497 e. The number of anilines is 1. The maximum absolute atomic E-state index is 14.1. The van der Waals surface area contributed by atoms with Crippen LogP contribution in [-0.4, -0.2) is 51.4 Å². The molecule has 3 aromatic carbocycles. The Labute approximate surface area is 238 Å². The van der Waals surface area contributed by atoms with Crippen LogP contribution < -0.4 is 14.4 Å². The summed E-state index contributed by atoms with van der Waals surface area (Å²) in [4.78, 5) is 28.7. The third-order valence-electron chi connectivity index (χ3n) is 6.92. The van der Waals surface area contributed by atoms with Crippen LogP contribution in [0.15, 0.2) is 71.6 Å². The van der Waals surface area contributed by atoms with E-state index in [0.29, 0.717) is 24.4 Å². The maximum Gasteiger partial charge on any atom is 0.264 e. The van der Waals surface area contributed by atoms with Crippen LogP contribution in [0.3, 0.4) is 0 Å². The van der Waals surface area contributed by atoms with E-state index in [1.165, 1.54) is 4.90 Å². The summed E-state index contributed by atoms with van der Waals surface area (Å²) >= 11 is 0. The Morgan fingerprint density at radius 3 is 2.10 bits per heavy atom. The molecule has 1 atom stereocenters. The first-order valence-corrected chi connectivity index (χ1v) is 14.8. The minimum atomic E-state index is -4.11. The maximum atomic E-state index is 14.1. The molecule has 0 bridgehead atoms. The first-order chi connectivity index (χ1) is 19.0. The molecule has 3 rings (SSSR count). The number of aryl methyl sites for hydroxylation is 3. The monoisotopic (exact) mass is 565 g/mol. The van der Waals surface area contributed by atoms with Gasteiger partial charge in [-0.25, -0.2) is 8.42 Å². The van der Waals surface area contributed by atoms with E-state index < -0.39 is 28.5 Å². The summed E-state index contributed by atoms with van der Waals surface area (Å²) in [5, 5.41) is 2.81. The van der Waals surface area contributed by atoms with Crippen molar-refractivity contribution in [1.29, 1.82) is 0 Å². The van der Waals surface area contributed by atoms with Crippen LogP contribution >= 0.6 is 0 Å². The predicted molar refractivity (Wildman–Crippen MR) is 158 cm³/mol. The van der Waals surface area contributed by atoms with Crippen molar-refractivity contribution in [2.45, 2.75) is 58.5 Å². The Morgan fingerprint density at radius 1 is 0.900 bits per heavy atom. The second-order valence-electron chi connectivity index (χ2n) is 9.78. The van der Waals surface area contributed by atoms with E-state index in [-0.39, 0.29) is 17.3 Å². The standard InChI is InChI=1S/C31H39N3O5S/c1-7-29(31(36)32-8-2)33(20-25-12-15-27(39-6)16-13-25)30(35)21-34(26-14-11-23(4)24(5)19-26)40(37,38)28-17-9-22(3)10-18-28/h9-19,29H,7-8,20-21H2,1-6H3,(H,32,36)/t29-/m1/s1. The average molecular weight is 566 g/mol. The SMILES string of the molecule is CCNC(=O)[C@@H](CC)N(Cc1ccc(OC)cc1)C(=O)CN(c1ccc(C)c(C)c1)S(=O)(=O)c1ccc(C)cc1. The van der Waals surface area contributed by atoms with Crippen molar-refractivity contribution in [3.63, 3.8) is 0 Å². The third kappa shape index (κ3) is 7.21. The molecule has 40 heavy (non-hydrogen) atoms. The van der Waals surface area contributed by atoms with E-state index >= 15 is 0 Å². The van der Waals surface area contributed by atoms with Gasteiger partial charge in [-0.1, -0.05) is 42.8 Å². The van der Waals surface area contributed by atoms with E-state index in [2.05, 4.69) is 5.32 Å². The minimum Gasteiger partial charge on any atom is -0.497 e. The fourth-order valence-electron chi connectivity index (χ4n) is 4.39. The number of hydrogen-bond acceptors (Lipinski definition) is 5. The molecule has 1 N–H and O–H groups in total. The molecular weight excluding hydrogens is 526 g/mol. The van der Waals surface area contributed by atoms with Crippen molar-refractivity contribution in [3.8, 4) is 5.75 Å². The summed E-state index contributed by atoms with van der Waals surface area (Å²) in [5.41, 5.74) is 4.00. The number of hydrogen-bond donors (Lipinski definition) is 1. The van der Waals surface area contributed by atoms with Crippen molar-refractivity contribution in [2.75, 3.05) is 24.5 Å². The van der Waals surface area contributed by atoms with Crippen LogP contribution in [0.5, 0.6) is 5.75 Å². The molecule has 2 amide bonds. The lowest BCUT2D eigenvalue weighted by atomic mass is 10.1. The van der Waals surface area contributed by atoms with E-state index in [4.69, 9.17) is 4.74 Å². The smallest absolute Gasteiger partial charge is 0.264 e. The highest BCUT2D eigenvalue weighted by molar-refractivity contribution is 7.92. The van der Waals surface area contributed by atoms with E-state index in [9.17, 15) is 18.0 Å². The van der Waals surface area contributed by atoms with E-state index in [0.717, 1.165) is 26.6 Å². The van der Waals surface area contributed by atoms with E-state index in [1.54, 1.807) is 55.6 Å². The van der Waals surface area contributed by atoms with Gasteiger partial charge in [0.1, 0.15) is 18.3 Å². The first-order valence-electron chi connectivity index (χ1n) is 13.4. The summed E-state index contributed by atoms with van der Waals surface area (Å²) in [5.74, 6) is -0.101. The molecule has 0 fully saturated rings. The first kappa shape index (κ1) is 30.7. The lowest BCUT2D eigenvalue weighted by molar-refractivity contribution is -0.140. The Hall–Kier alpha value is -3.85. The van der Waals surface area contributed by atoms with Crippen molar-refractivity contribution in [1.82, 2.24) is 10.2 Å². The number of carbonyl (C=O) groups excluding carboxylic acids is 2. The summed E-state index contributed by atoms with van der Waals surface area (Å²) in [6.07, 6.45) is 0.363. The van der Waals surface area contributed by atoms with Gasteiger partial charge in [0, 0.05) is 13.1 Å². The van der Waals surface area contributed by atoms with Crippen LogP contribution in [0.25, 0.3) is 0 Å². The van der Waals surface area contributed by atoms with Gasteiger partial charge in [0.05, 0.1) is 17.7 Å². The Morgan fingerprint density at radius 2 is 1.55 bits per heavy atom. The number of nitrogens with one attached hydrogen (secondary N) is 1. The molecule has 0 aliphatic heterocycles. The zero-order valence-electron chi connectivity index (χ0n) is 24.1. The van der Waals surface area contributed by atoms with Crippen molar-refractivity contribution in [3.05, 3.63) is 89.0 Å². The predicted octanol–water partition coefficient (Wildman–Crippen LogP) is 4.76. The molecule has 0 saturated heterocycles. The number of methoxy groups -OCH3 is 1. The molecule has 0 spiro atoms. The molecule has 0 unspecified atom stereocenters. The Bertz CT molecular complexity index is 1420. The Kier molecular flexibility index (Phi) is 10.3. The van der Waals surface area contributed by atoms with Crippen LogP contribution in [-0.2, 0) is 26.2 Å². The van der Waals surface area contributed by atoms with Gasteiger partial charge in [0.15, 0.2) is 0 Å². The fourth-order valence-corrected chi connectivity index (χ4v) is 5.79. The molecule has 8 nitrogen and oxygen atoms in total. The van der Waals surface area contributed by atoms with Gasteiger partial charge >= 0.3 is 0 Å². The summed E-state index contributed by atoms with van der Waals surface area (Å²) in [7, 11) is -2.53. The lowest BCUT2D eigenvalue weighted by Crippen LogP contribution is -2.52. The number of nitrogens with zero attached hydrogens (tertiary/aromatic N) is 2. The van der Waals surface area contributed by atoms with Gasteiger partial charge in [-0.3, -0.25) is 13.9 Å². The third-order valence-corrected chi connectivity index (χ3v) is 8.70. The van der Waals surface area contributed by atoms with Gasteiger partial charge in [0.25, 0.3) is 10.0 Å². The van der Waals surface area contributed by atoms with Gasteiger partial charge in [-0.05, 0) is 87.2 Å². The van der Waals surface area contributed by atoms with Crippen molar-refractivity contribution in [2.24, 2.45) is 0 Å². The molecule has 214 valence electrons. The molecule has 9 heteroatoms. The van der Waals surface area contributed by atoms with Crippen LogP contribution in [0, 0.1) is 20.8 Å². The van der Waals surface area contributed by atoms with Crippen LogP contribution in [0.1, 0.15) is 42.5 Å². The van der Waals surface area contributed by atoms with Crippen LogP contribution in [0.2, 0.25) is 0 Å². The summed E-state index contributed by atoms with van der Waals surface area (Å²) in [6.45, 7) is 9.44. The number of amides is 2. The number of sulfonamides is 1. The highest BCUT2D eigenvalue weighted by Gasteiger charge is 2.33. The molecule has 0 saturated carbocycles. The zero-order chi connectivity index (χ0) is 29.4. The molecule has 0 radical (unpaired) electrons. The highest BCUT2D eigenvalue weighted by Crippen LogP contribution is 2.27. The number of ether oxygens (including phenoxy) is 1. The normalized spacial score (nSPS) is 11.9. The number of likely N-dealkylation sites (N-methyl/N-ethyl adjacent to an activating group) is 1. The van der Waals surface area contributed by atoms with Crippen molar-refractivity contribution >= 4 is 27.5 Å². The van der Waals surface area contributed by atoms with Gasteiger partial charge in [-0.15, -0.1) is 0 Å².